The molecule has 0 aliphatic rings. The Balaban J connectivity index is 1.68. The number of fused-ring (bicyclic) bond motifs is 2. The van der Waals surface area contributed by atoms with E-state index >= 15 is 0 Å². The number of hydrogen-bond acceptors (Lipinski definition) is 5. The minimum Gasteiger partial charge on any atom is -0.307 e. The fraction of sp³-hybridized carbons (Fsp3) is 0.235. The van der Waals surface area contributed by atoms with Crippen molar-refractivity contribution in [3.8, 4) is 0 Å². The molecule has 24 heavy (non-hydrogen) atoms. The van der Waals surface area contributed by atoms with Crippen LogP contribution < -0.4 is 5.56 Å². The van der Waals surface area contributed by atoms with E-state index in [0.717, 1.165) is 32.3 Å². The molecule has 0 unspecified atom stereocenters. The van der Waals surface area contributed by atoms with E-state index in [1.807, 2.05) is 41.2 Å². The van der Waals surface area contributed by atoms with Crippen LogP contribution in [0.4, 0.5) is 0 Å². The van der Waals surface area contributed by atoms with E-state index in [1.165, 1.54) is 11.3 Å². The summed E-state index contributed by atoms with van der Waals surface area (Å²) in [5.41, 5.74) is 3.93. The molecule has 0 radical (unpaired) electrons. The Morgan fingerprint density at radius 3 is 2.96 bits per heavy atom. The molecule has 0 aliphatic heterocycles. The highest BCUT2D eigenvalue weighted by Crippen LogP contribution is 2.24. The molecule has 0 saturated heterocycles. The van der Waals surface area contributed by atoms with Crippen molar-refractivity contribution in [1.29, 1.82) is 0 Å². The second-order valence-electron chi connectivity index (χ2n) is 5.52. The average molecular weight is 356 g/mol. The topological polar surface area (TPSA) is 52.2 Å². The lowest BCUT2D eigenvalue weighted by atomic mass is 10.3. The predicted octanol–water partition coefficient (Wildman–Crippen LogP) is 3.73. The van der Waals surface area contributed by atoms with E-state index in [4.69, 9.17) is 0 Å². The molecule has 5 nitrogen and oxygen atoms in total. The molecule has 0 fully saturated rings. The number of aryl methyl sites for hydroxylation is 1. The Bertz CT molecular complexity index is 1090. The van der Waals surface area contributed by atoms with Crippen molar-refractivity contribution in [2.24, 2.45) is 0 Å². The number of hydrogen-bond donors (Lipinski definition) is 0. The van der Waals surface area contributed by atoms with Crippen LogP contribution in [0.15, 0.2) is 45.9 Å². The third kappa shape index (κ3) is 2.53. The van der Waals surface area contributed by atoms with E-state index in [9.17, 15) is 4.79 Å². The minimum absolute atomic E-state index is 0.0471. The van der Waals surface area contributed by atoms with Gasteiger partial charge in [-0.1, -0.05) is 17.8 Å². The Morgan fingerprint density at radius 2 is 2.17 bits per heavy atom. The molecule has 0 bridgehead atoms. The summed E-state index contributed by atoms with van der Waals surface area (Å²) >= 11 is 3.01. The van der Waals surface area contributed by atoms with Gasteiger partial charge in [-0.05, 0) is 36.9 Å². The first-order valence-electron chi connectivity index (χ1n) is 7.71. The van der Waals surface area contributed by atoms with Crippen molar-refractivity contribution < 1.29 is 0 Å². The van der Waals surface area contributed by atoms with Crippen LogP contribution >= 0.6 is 23.1 Å². The first-order chi connectivity index (χ1) is 11.7. The quantitative estimate of drug-likeness (QED) is 0.413. The van der Waals surface area contributed by atoms with E-state index in [0.29, 0.717) is 12.3 Å². The Labute approximate surface area is 147 Å². The van der Waals surface area contributed by atoms with Gasteiger partial charge in [0.05, 0.1) is 11.2 Å². The summed E-state index contributed by atoms with van der Waals surface area (Å²) in [6.45, 7) is 4.65. The molecular weight excluding hydrogens is 340 g/mol. The van der Waals surface area contributed by atoms with Crippen molar-refractivity contribution in [2.75, 3.05) is 0 Å². The molecule has 4 aromatic heterocycles. The number of aromatic nitrogens is 4. The van der Waals surface area contributed by atoms with Gasteiger partial charge >= 0.3 is 0 Å². The maximum atomic E-state index is 12.5. The smallest absolute Gasteiger partial charge is 0.272 e. The number of imidazole rings is 1. The SMILES string of the molecule is CCn1c(SCc2cn3cccc(C)c3n2)nc2ccsc2c1=O. The maximum absolute atomic E-state index is 12.5. The van der Waals surface area contributed by atoms with Gasteiger partial charge in [-0.15, -0.1) is 11.3 Å². The highest BCUT2D eigenvalue weighted by Gasteiger charge is 2.12. The van der Waals surface area contributed by atoms with Gasteiger partial charge in [0.1, 0.15) is 10.3 Å². The number of thioether (sulfide) groups is 1. The Hall–Kier alpha value is -2.12. The highest BCUT2D eigenvalue weighted by molar-refractivity contribution is 7.98. The van der Waals surface area contributed by atoms with Crippen LogP contribution in [0.25, 0.3) is 15.9 Å². The van der Waals surface area contributed by atoms with Crippen LogP contribution in [-0.2, 0) is 12.3 Å². The van der Waals surface area contributed by atoms with Crippen molar-refractivity contribution >= 4 is 39.0 Å². The molecule has 4 aromatic rings. The second-order valence-corrected chi connectivity index (χ2v) is 7.38. The highest BCUT2D eigenvalue weighted by atomic mass is 32.2. The molecular formula is C17H16N4OS2. The van der Waals surface area contributed by atoms with Gasteiger partial charge in [0.25, 0.3) is 5.56 Å². The molecule has 0 saturated carbocycles. The summed E-state index contributed by atoms with van der Waals surface area (Å²) < 4.78 is 4.50. The Morgan fingerprint density at radius 1 is 1.29 bits per heavy atom. The standard InChI is InChI=1S/C17H16N4OS2/c1-3-21-16(22)14-13(6-8-23-14)19-17(21)24-10-12-9-20-7-4-5-11(2)15(20)18-12/h4-9H,3,10H2,1-2H3. The number of rotatable bonds is 4. The summed E-state index contributed by atoms with van der Waals surface area (Å²) in [5.74, 6) is 0.684. The van der Waals surface area contributed by atoms with Crippen LogP contribution in [0.5, 0.6) is 0 Å². The van der Waals surface area contributed by atoms with Crippen molar-refractivity contribution in [1.82, 2.24) is 18.9 Å². The van der Waals surface area contributed by atoms with E-state index in [1.54, 1.807) is 16.3 Å². The average Bonchev–Trinajstić information content (AvgIpc) is 3.20. The molecule has 0 aliphatic carbocycles. The first-order valence-corrected chi connectivity index (χ1v) is 9.58. The zero-order valence-corrected chi connectivity index (χ0v) is 15.0. The summed E-state index contributed by atoms with van der Waals surface area (Å²) in [4.78, 5) is 21.9. The van der Waals surface area contributed by atoms with Gasteiger partial charge in [0, 0.05) is 24.7 Å². The summed E-state index contributed by atoms with van der Waals surface area (Å²) in [6, 6.07) is 5.97. The predicted molar refractivity (Wildman–Crippen MR) is 99.0 cm³/mol. The van der Waals surface area contributed by atoms with Crippen molar-refractivity contribution in [2.45, 2.75) is 31.3 Å². The van der Waals surface area contributed by atoms with Crippen LogP contribution in [0, 0.1) is 6.92 Å². The van der Waals surface area contributed by atoms with Crippen LogP contribution in [0.2, 0.25) is 0 Å². The molecule has 4 heterocycles. The lowest BCUT2D eigenvalue weighted by Gasteiger charge is -2.08. The third-order valence-corrected chi connectivity index (χ3v) is 5.83. The van der Waals surface area contributed by atoms with Crippen LogP contribution in [-0.4, -0.2) is 18.9 Å². The largest absolute Gasteiger partial charge is 0.307 e. The van der Waals surface area contributed by atoms with Gasteiger partial charge in [-0.3, -0.25) is 9.36 Å². The number of pyridine rings is 1. The third-order valence-electron chi connectivity index (χ3n) is 3.92. The van der Waals surface area contributed by atoms with Gasteiger partial charge in [0.15, 0.2) is 5.16 Å². The van der Waals surface area contributed by atoms with Crippen LogP contribution in [0.1, 0.15) is 18.2 Å². The monoisotopic (exact) mass is 356 g/mol. The fourth-order valence-corrected chi connectivity index (χ4v) is 4.45. The molecule has 4 rings (SSSR count). The first kappa shape index (κ1) is 15.4. The van der Waals surface area contributed by atoms with Gasteiger partial charge in [-0.2, -0.15) is 0 Å². The normalized spacial score (nSPS) is 11.6. The lowest BCUT2D eigenvalue weighted by molar-refractivity contribution is 0.635. The molecule has 0 spiro atoms. The lowest BCUT2D eigenvalue weighted by Crippen LogP contribution is -2.21. The van der Waals surface area contributed by atoms with Gasteiger partial charge in [-0.25, -0.2) is 9.97 Å². The van der Waals surface area contributed by atoms with Gasteiger partial charge in [0.2, 0.25) is 0 Å². The second kappa shape index (κ2) is 6.07. The number of nitrogens with zero attached hydrogens (tertiary/aromatic N) is 4. The molecule has 122 valence electrons. The van der Waals surface area contributed by atoms with E-state index in [2.05, 4.69) is 23.0 Å². The van der Waals surface area contributed by atoms with E-state index in [-0.39, 0.29) is 5.56 Å². The van der Waals surface area contributed by atoms with Crippen molar-refractivity contribution in [3.63, 3.8) is 0 Å². The molecule has 0 aromatic carbocycles. The van der Waals surface area contributed by atoms with Gasteiger partial charge < -0.3 is 4.40 Å². The van der Waals surface area contributed by atoms with Crippen molar-refractivity contribution in [3.05, 3.63) is 57.6 Å². The Kier molecular flexibility index (Phi) is 3.90. The summed E-state index contributed by atoms with van der Waals surface area (Å²) in [7, 11) is 0. The van der Waals surface area contributed by atoms with E-state index < -0.39 is 0 Å². The molecule has 7 heteroatoms. The zero-order valence-electron chi connectivity index (χ0n) is 13.4. The molecule has 0 N–H and O–H groups in total. The molecule has 0 atom stereocenters. The molecule has 0 amide bonds. The summed E-state index contributed by atoms with van der Waals surface area (Å²) in [6.07, 6.45) is 4.04. The minimum atomic E-state index is 0.0471. The van der Waals surface area contributed by atoms with Crippen LogP contribution in [0.3, 0.4) is 0 Å². The number of thiophene rings is 1. The fourth-order valence-electron chi connectivity index (χ4n) is 2.72. The zero-order chi connectivity index (χ0) is 16.7. The maximum Gasteiger partial charge on any atom is 0.272 e. The summed E-state index contributed by atoms with van der Waals surface area (Å²) in [5, 5.41) is 2.67.